The number of hydrogen-bond acceptors (Lipinski definition) is 5. The average Bonchev–Trinajstić information content (AvgIpc) is 2.88. The first kappa shape index (κ1) is 17.0. The van der Waals surface area contributed by atoms with Gasteiger partial charge in [-0.1, -0.05) is 30.3 Å². The lowest BCUT2D eigenvalue weighted by Gasteiger charge is -2.16. The summed E-state index contributed by atoms with van der Waals surface area (Å²) in [4.78, 5) is 12.6. The molecule has 3 N–H and O–H groups in total. The minimum Gasteiger partial charge on any atom is -0.507 e. The Morgan fingerprint density at radius 3 is 2.76 bits per heavy atom. The Morgan fingerprint density at radius 2 is 2.00 bits per heavy atom. The summed E-state index contributed by atoms with van der Waals surface area (Å²) in [5, 5.41) is 16.8. The number of phenols is 1. The third-order valence-corrected chi connectivity index (χ3v) is 4.27. The van der Waals surface area contributed by atoms with Crippen LogP contribution in [0.5, 0.6) is 11.5 Å². The number of benzene rings is 2. The molecule has 1 unspecified atom stereocenters. The van der Waals surface area contributed by atoms with Gasteiger partial charge >= 0.3 is 0 Å². The summed E-state index contributed by atoms with van der Waals surface area (Å²) in [6.07, 6.45) is 2.25. The molecule has 0 saturated carbocycles. The van der Waals surface area contributed by atoms with Gasteiger partial charge in [0.2, 0.25) is 0 Å². The fraction of sp³-hybridized carbons (Fsp3) is 0.250. The molecule has 1 heterocycles. The van der Waals surface area contributed by atoms with Gasteiger partial charge in [0.05, 0.1) is 12.7 Å². The number of rotatable bonds is 4. The van der Waals surface area contributed by atoms with Crippen LogP contribution in [0, 0.1) is 0 Å². The molecule has 0 aliphatic carbocycles. The number of carbonyl (C=O) groups excluding carboxylic acids is 1. The molecule has 0 radical (unpaired) electrons. The van der Waals surface area contributed by atoms with Gasteiger partial charge < -0.3 is 20.5 Å². The molecule has 1 atom stereocenters. The molecule has 1 fully saturated rings. The zero-order chi connectivity index (χ0) is 17.6. The van der Waals surface area contributed by atoms with Crippen LogP contribution in [0.25, 0.3) is 0 Å². The van der Waals surface area contributed by atoms with Crippen molar-refractivity contribution in [1.82, 2.24) is 10.6 Å². The summed E-state index contributed by atoms with van der Waals surface area (Å²) in [5.41, 5.74) is 2.28. The number of carbonyl (C=O) groups is 1. The minimum absolute atomic E-state index is 0.0472. The van der Waals surface area contributed by atoms with Crippen molar-refractivity contribution in [3.05, 3.63) is 71.4 Å². The molecule has 5 nitrogen and oxygen atoms in total. The van der Waals surface area contributed by atoms with Gasteiger partial charge in [0.1, 0.15) is 11.5 Å². The first-order chi connectivity index (χ1) is 12.2. The van der Waals surface area contributed by atoms with Crippen molar-refractivity contribution in [1.29, 1.82) is 0 Å². The van der Waals surface area contributed by atoms with Crippen molar-refractivity contribution < 1.29 is 14.6 Å². The lowest BCUT2D eigenvalue weighted by molar-refractivity contribution is 0.104. The Morgan fingerprint density at radius 1 is 1.20 bits per heavy atom. The first-order valence-electron chi connectivity index (χ1n) is 8.31. The van der Waals surface area contributed by atoms with Gasteiger partial charge in [-0.25, -0.2) is 0 Å². The Balaban J connectivity index is 1.83. The van der Waals surface area contributed by atoms with E-state index in [4.69, 9.17) is 4.74 Å². The number of phenolic OH excluding ortho intramolecular Hbond substituents is 1. The lowest BCUT2D eigenvalue weighted by Crippen LogP contribution is -2.23. The summed E-state index contributed by atoms with van der Waals surface area (Å²) in [7, 11) is 1.53. The predicted molar refractivity (Wildman–Crippen MR) is 96.9 cm³/mol. The third-order valence-electron chi connectivity index (χ3n) is 4.27. The van der Waals surface area contributed by atoms with E-state index in [-0.39, 0.29) is 23.1 Å². The molecule has 1 aliphatic heterocycles. The summed E-state index contributed by atoms with van der Waals surface area (Å²) in [6.45, 7) is 1.56. The Hall–Kier alpha value is -2.79. The van der Waals surface area contributed by atoms with Crippen molar-refractivity contribution in [3.63, 3.8) is 0 Å². The van der Waals surface area contributed by atoms with Crippen molar-refractivity contribution in [2.24, 2.45) is 0 Å². The molecule has 3 rings (SSSR count). The smallest absolute Gasteiger partial charge is 0.191 e. The van der Waals surface area contributed by atoms with Crippen LogP contribution in [0.1, 0.15) is 28.4 Å². The average molecular weight is 338 g/mol. The normalized spacial score (nSPS) is 19.1. The van der Waals surface area contributed by atoms with E-state index in [0.29, 0.717) is 12.2 Å². The van der Waals surface area contributed by atoms with Crippen LogP contribution in [0.2, 0.25) is 0 Å². The topological polar surface area (TPSA) is 70.6 Å². The van der Waals surface area contributed by atoms with Crippen LogP contribution in [0.15, 0.2) is 60.3 Å². The molecule has 1 saturated heterocycles. The Bertz CT molecular complexity index is 772. The maximum absolute atomic E-state index is 12.6. The maximum atomic E-state index is 12.6. The van der Waals surface area contributed by atoms with E-state index in [2.05, 4.69) is 22.8 Å². The standard InChI is InChI=1S/C20H22N2O3/c1-25-16-7-8-19(23)17(13-16)20(24)12-15-11-18(22-10-9-21-15)14-5-3-2-4-6-14/h2-8,12-13,18,21-23H,9-11H2,1H3/b15-12-. The monoisotopic (exact) mass is 338 g/mol. The fourth-order valence-corrected chi connectivity index (χ4v) is 2.94. The second-order valence-electron chi connectivity index (χ2n) is 5.97. The van der Waals surface area contributed by atoms with Gasteiger partial charge in [0, 0.05) is 37.3 Å². The zero-order valence-corrected chi connectivity index (χ0v) is 14.2. The maximum Gasteiger partial charge on any atom is 0.191 e. The fourth-order valence-electron chi connectivity index (χ4n) is 2.94. The zero-order valence-electron chi connectivity index (χ0n) is 14.2. The van der Waals surface area contributed by atoms with Crippen LogP contribution in [-0.2, 0) is 0 Å². The minimum atomic E-state index is -0.243. The second-order valence-corrected chi connectivity index (χ2v) is 5.97. The molecular weight excluding hydrogens is 316 g/mol. The highest BCUT2D eigenvalue weighted by atomic mass is 16.5. The highest BCUT2D eigenvalue weighted by Crippen LogP contribution is 2.25. The number of allylic oxidation sites excluding steroid dienone is 1. The third kappa shape index (κ3) is 4.19. The highest BCUT2D eigenvalue weighted by molar-refractivity contribution is 6.07. The molecule has 2 aromatic rings. The number of hydrogen-bond donors (Lipinski definition) is 3. The Labute approximate surface area is 147 Å². The van der Waals surface area contributed by atoms with Crippen molar-refractivity contribution in [3.8, 4) is 11.5 Å². The number of aromatic hydroxyl groups is 1. The second kappa shape index (κ2) is 7.85. The molecule has 130 valence electrons. The molecule has 2 aromatic carbocycles. The summed E-state index contributed by atoms with van der Waals surface area (Å²) < 4.78 is 5.14. The van der Waals surface area contributed by atoms with Gasteiger partial charge in [-0.2, -0.15) is 0 Å². The van der Waals surface area contributed by atoms with Crippen molar-refractivity contribution >= 4 is 5.78 Å². The molecule has 25 heavy (non-hydrogen) atoms. The SMILES string of the molecule is COc1ccc(O)c(C(=O)/C=C2/CC(c3ccccc3)NCCN2)c1. The summed E-state index contributed by atoms with van der Waals surface area (Å²) >= 11 is 0. The molecule has 0 aromatic heterocycles. The molecule has 0 bridgehead atoms. The summed E-state index contributed by atoms with van der Waals surface area (Å²) in [5.74, 6) is 0.249. The van der Waals surface area contributed by atoms with Gasteiger partial charge in [-0.15, -0.1) is 0 Å². The van der Waals surface area contributed by atoms with E-state index in [0.717, 1.165) is 18.8 Å². The van der Waals surface area contributed by atoms with Crippen molar-refractivity contribution in [2.45, 2.75) is 12.5 Å². The van der Waals surface area contributed by atoms with Crippen molar-refractivity contribution in [2.75, 3.05) is 20.2 Å². The largest absolute Gasteiger partial charge is 0.507 e. The van der Waals surface area contributed by atoms with Crippen LogP contribution < -0.4 is 15.4 Å². The van der Waals surface area contributed by atoms with Crippen LogP contribution in [0.4, 0.5) is 0 Å². The van der Waals surface area contributed by atoms with Crippen LogP contribution in [0.3, 0.4) is 0 Å². The molecular formula is C20H22N2O3. The number of nitrogens with one attached hydrogen (secondary N) is 2. The quantitative estimate of drug-likeness (QED) is 0.591. The molecule has 0 spiro atoms. The predicted octanol–water partition coefficient (Wildman–Crippen LogP) is 2.79. The Kier molecular flexibility index (Phi) is 5.36. The number of ether oxygens (including phenoxy) is 1. The van der Waals surface area contributed by atoms with Gasteiger partial charge in [0.25, 0.3) is 0 Å². The van der Waals surface area contributed by atoms with E-state index in [1.807, 2.05) is 18.2 Å². The number of ketones is 1. The molecule has 1 aliphatic rings. The first-order valence-corrected chi connectivity index (χ1v) is 8.31. The van der Waals surface area contributed by atoms with E-state index < -0.39 is 0 Å². The van der Waals surface area contributed by atoms with E-state index >= 15 is 0 Å². The van der Waals surface area contributed by atoms with Gasteiger partial charge in [-0.3, -0.25) is 4.79 Å². The van der Waals surface area contributed by atoms with Gasteiger partial charge in [-0.05, 0) is 23.8 Å². The molecule has 0 amide bonds. The lowest BCUT2D eigenvalue weighted by atomic mass is 10.0. The number of methoxy groups -OCH3 is 1. The van der Waals surface area contributed by atoms with E-state index in [1.54, 1.807) is 18.2 Å². The van der Waals surface area contributed by atoms with E-state index in [9.17, 15) is 9.90 Å². The van der Waals surface area contributed by atoms with Crippen LogP contribution >= 0.6 is 0 Å². The summed E-state index contributed by atoms with van der Waals surface area (Å²) in [6, 6.07) is 15.0. The highest BCUT2D eigenvalue weighted by Gasteiger charge is 2.18. The van der Waals surface area contributed by atoms with Gasteiger partial charge in [0.15, 0.2) is 5.78 Å². The van der Waals surface area contributed by atoms with E-state index in [1.165, 1.54) is 18.7 Å². The molecule has 5 heteroatoms. The van der Waals surface area contributed by atoms with Crippen LogP contribution in [-0.4, -0.2) is 31.1 Å².